The molecular formula is C24H21NO5. The maximum absolute atomic E-state index is 12.5. The predicted molar refractivity (Wildman–Crippen MR) is 114 cm³/mol. The molecule has 2 heterocycles. The molecule has 6 nitrogen and oxygen atoms in total. The number of ether oxygens (including phenoxy) is 1. The predicted octanol–water partition coefficient (Wildman–Crippen LogP) is 3.83. The van der Waals surface area contributed by atoms with Gasteiger partial charge in [-0.2, -0.15) is 0 Å². The van der Waals surface area contributed by atoms with Crippen LogP contribution in [0.3, 0.4) is 0 Å². The van der Waals surface area contributed by atoms with Crippen molar-refractivity contribution in [3.8, 4) is 0 Å². The van der Waals surface area contributed by atoms with E-state index in [2.05, 4.69) is 0 Å². The molecule has 0 unspecified atom stereocenters. The molecule has 6 heteroatoms. The highest BCUT2D eigenvalue weighted by atomic mass is 16.5. The molecule has 0 radical (unpaired) electrons. The zero-order valence-corrected chi connectivity index (χ0v) is 17.0. The van der Waals surface area contributed by atoms with Crippen LogP contribution in [0.4, 0.5) is 5.69 Å². The van der Waals surface area contributed by atoms with Crippen molar-refractivity contribution in [3.63, 3.8) is 0 Å². The Morgan fingerprint density at radius 3 is 2.57 bits per heavy atom. The molecule has 30 heavy (non-hydrogen) atoms. The fourth-order valence-corrected chi connectivity index (χ4v) is 3.87. The molecule has 0 aliphatic carbocycles. The van der Waals surface area contributed by atoms with E-state index in [1.54, 1.807) is 24.3 Å². The fraction of sp³-hybridized carbons (Fsp3) is 0.208. The van der Waals surface area contributed by atoms with Crippen LogP contribution >= 0.6 is 0 Å². The Labute approximate surface area is 173 Å². The number of rotatable bonds is 4. The molecule has 1 aromatic heterocycles. The minimum absolute atomic E-state index is 0.232. The molecule has 1 aliphatic rings. The van der Waals surface area contributed by atoms with Gasteiger partial charge >= 0.3 is 5.97 Å². The standard InChI is InChI=1S/C24H21NO5/c1-24(2)17-9-5-6-10-18(17)25(3)22(24)12-15(26)14-29-23(28)21-13-19(27)16-8-4-7-11-20(16)30-21/h4-13H,14H2,1-3H3. The van der Waals surface area contributed by atoms with E-state index < -0.39 is 12.6 Å². The Morgan fingerprint density at radius 1 is 1.10 bits per heavy atom. The number of nitrogens with zero attached hydrogens (tertiary/aromatic N) is 1. The van der Waals surface area contributed by atoms with Crippen LogP contribution in [0.1, 0.15) is 30.0 Å². The molecule has 152 valence electrons. The summed E-state index contributed by atoms with van der Waals surface area (Å²) in [6.07, 6.45) is 1.50. The largest absolute Gasteiger partial charge is 0.451 e. The third-order valence-corrected chi connectivity index (χ3v) is 5.42. The van der Waals surface area contributed by atoms with Crippen molar-refractivity contribution >= 4 is 28.4 Å². The lowest BCUT2D eigenvalue weighted by atomic mass is 9.83. The van der Waals surface area contributed by atoms with Crippen LogP contribution in [0.25, 0.3) is 11.0 Å². The van der Waals surface area contributed by atoms with Gasteiger partial charge in [-0.25, -0.2) is 4.79 Å². The summed E-state index contributed by atoms with van der Waals surface area (Å²) < 4.78 is 10.6. The molecule has 2 aromatic carbocycles. The molecule has 1 aliphatic heterocycles. The summed E-state index contributed by atoms with van der Waals surface area (Å²) in [5, 5.41) is 0.376. The smallest absolute Gasteiger partial charge is 0.374 e. The molecule has 0 bridgehead atoms. The zero-order chi connectivity index (χ0) is 21.5. The van der Waals surface area contributed by atoms with E-state index in [-0.39, 0.29) is 28.0 Å². The van der Waals surface area contributed by atoms with Crippen LogP contribution in [0, 0.1) is 0 Å². The van der Waals surface area contributed by atoms with Crippen LogP contribution in [0.2, 0.25) is 0 Å². The number of hydrogen-bond acceptors (Lipinski definition) is 6. The average Bonchev–Trinajstić information content (AvgIpc) is 2.93. The maximum atomic E-state index is 12.5. The molecular weight excluding hydrogens is 382 g/mol. The highest BCUT2D eigenvalue weighted by Gasteiger charge is 2.38. The van der Waals surface area contributed by atoms with E-state index in [1.807, 2.05) is 50.1 Å². The average molecular weight is 403 g/mol. The van der Waals surface area contributed by atoms with E-state index in [9.17, 15) is 14.4 Å². The van der Waals surface area contributed by atoms with E-state index in [0.717, 1.165) is 23.0 Å². The molecule has 3 aromatic rings. The van der Waals surface area contributed by atoms with Crippen molar-refractivity contribution in [1.29, 1.82) is 0 Å². The summed E-state index contributed by atoms with van der Waals surface area (Å²) in [6.45, 7) is 3.65. The van der Waals surface area contributed by atoms with Crippen LogP contribution in [0.5, 0.6) is 0 Å². The first kappa shape index (κ1) is 19.6. The summed E-state index contributed by atoms with van der Waals surface area (Å²) >= 11 is 0. The number of carbonyl (C=O) groups excluding carboxylic acids is 2. The van der Waals surface area contributed by atoms with Crippen molar-refractivity contribution in [3.05, 3.63) is 87.9 Å². The molecule has 0 amide bonds. The number of fused-ring (bicyclic) bond motifs is 2. The van der Waals surface area contributed by atoms with Gasteiger partial charge in [0.15, 0.2) is 17.8 Å². The first-order valence-electron chi connectivity index (χ1n) is 9.57. The number of hydrogen-bond donors (Lipinski definition) is 0. The molecule has 0 saturated heterocycles. The van der Waals surface area contributed by atoms with Gasteiger partial charge in [-0.05, 0) is 23.8 Å². The summed E-state index contributed by atoms with van der Waals surface area (Å²) in [5.41, 5.74) is 2.58. The van der Waals surface area contributed by atoms with Crippen molar-refractivity contribution in [2.45, 2.75) is 19.3 Å². The molecule has 0 spiro atoms. The zero-order valence-electron chi connectivity index (χ0n) is 17.0. The number of ketones is 1. The second kappa shape index (κ2) is 7.30. The van der Waals surface area contributed by atoms with Gasteiger partial charge in [0.25, 0.3) is 0 Å². The second-order valence-corrected chi connectivity index (χ2v) is 7.74. The summed E-state index contributed by atoms with van der Waals surface area (Å²) in [4.78, 5) is 38.9. The molecule has 4 rings (SSSR count). The van der Waals surface area contributed by atoms with Crippen LogP contribution in [-0.4, -0.2) is 25.4 Å². The number of allylic oxidation sites excluding steroid dienone is 1. The van der Waals surface area contributed by atoms with E-state index in [1.165, 1.54) is 6.08 Å². The Hall–Kier alpha value is -3.67. The highest BCUT2D eigenvalue weighted by Crippen LogP contribution is 2.46. The third kappa shape index (κ3) is 3.30. The topological polar surface area (TPSA) is 76.8 Å². The second-order valence-electron chi connectivity index (χ2n) is 7.74. The SMILES string of the molecule is CN1C(=CC(=O)COC(=O)c2cc(=O)c3ccccc3o2)C(C)(C)c2ccccc21. The van der Waals surface area contributed by atoms with E-state index in [0.29, 0.717) is 5.39 Å². The minimum atomic E-state index is -0.855. The molecule has 0 atom stereocenters. The first-order valence-corrected chi connectivity index (χ1v) is 9.57. The van der Waals surface area contributed by atoms with Gasteiger partial charge in [-0.15, -0.1) is 0 Å². The molecule has 0 saturated carbocycles. The number of likely N-dealkylation sites (N-methyl/N-ethyl adjacent to an activating group) is 1. The van der Waals surface area contributed by atoms with Gasteiger partial charge in [0, 0.05) is 36.0 Å². The van der Waals surface area contributed by atoms with Gasteiger partial charge in [-0.3, -0.25) is 9.59 Å². The molecule has 0 N–H and O–H groups in total. The normalized spacial score (nSPS) is 16.0. The van der Waals surface area contributed by atoms with Crippen LogP contribution < -0.4 is 10.3 Å². The van der Waals surface area contributed by atoms with Crippen LogP contribution in [-0.2, 0) is 14.9 Å². The van der Waals surface area contributed by atoms with E-state index >= 15 is 0 Å². The number of esters is 1. The summed E-state index contributed by atoms with van der Waals surface area (Å²) in [7, 11) is 1.91. The van der Waals surface area contributed by atoms with Gasteiger partial charge in [0.05, 0.1) is 5.39 Å². The lowest BCUT2D eigenvalue weighted by Gasteiger charge is -2.23. The monoisotopic (exact) mass is 403 g/mol. The van der Waals surface area contributed by atoms with Gasteiger partial charge in [0.1, 0.15) is 5.58 Å². The Morgan fingerprint density at radius 2 is 1.80 bits per heavy atom. The number of benzene rings is 2. The number of para-hydroxylation sites is 2. The fourth-order valence-electron chi connectivity index (χ4n) is 3.87. The Balaban J connectivity index is 1.50. The maximum Gasteiger partial charge on any atom is 0.374 e. The number of anilines is 1. The minimum Gasteiger partial charge on any atom is -0.451 e. The Bertz CT molecular complexity index is 1250. The highest BCUT2D eigenvalue weighted by molar-refractivity contribution is 5.96. The van der Waals surface area contributed by atoms with Crippen molar-refractivity contribution in [2.75, 3.05) is 18.6 Å². The Kier molecular flexibility index (Phi) is 4.78. The molecule has 0 fully saturated rings. The lowest BCUT2D eigenvalue weighted by molar-refractivity contribution is -0.117. The summed E-state index contributed by atoms with van der Waals surface area (Å²) in [6, 6.07) is 15.7. The van der Waals surface area contributed by atoms with Gasteiger partial charge < -0.3 is 14.1 Å². The van der Waals surface area contributed by atoms with E-state index in [4.69, 9.17) is 9.15 Å². The summed E-state index contributed by atoms with van der Waals surface area (Å²) in [5.74, 6) is -1.44. The van der Waals surface area contributed by atoms with Crippen LogP contribution in [0.15, 0.2) is 75.6 Å². The number of carbonyl (C=O) groups is 2. The third-order valence-electron chi connectivity index (χ3n) is 5.42. The first-order chi connectivity index (χ1) is 14.3. The lowest BCUT2D eigenvalue weighted by Crippen LogP contribution is -2.25. The van der Waals surface area contributed by atoms with Crippen molar-refractivity contribution in [1.82, 2.24) is 0 Å². The quantitative estimate of drug-likeness (QED) is 0.487. The van der Waals surface area contributed by atoms with Crippen molar-refractivity contribution in [2.24, 2.45) is 0 Å². The van der Waals surface area contributed by atoms with Gasteiger partial charge in [-0.1, -0.05) is 44.2 Å². The van der Waals surface area contributed by atoms with Crippen molar-refractivity contribution < 1.29 is 18.7 Å². The van der Waals surface area contributed by atoms with Gasteiger partial charge in [0.2, 0.25) is 5.76 Å².